The molecule has 17 nitrogen and oxygen atoms in total. The first-order valence-electron chi connectivity index (χ1n) is 25.3. The van der Waals surface area contributed by atoms with Crippen LogP contribution in [0.1, 0.15) is 118 Å². The van der Waals surface area contributed by atoms with E-state index < -0.39 is 66.5 Å². The van der Waals surface area contributed by atoms with Crippen LogP contribution in [0.5, 0.6) is 0 Å². The molecule has 1 saturated heterocycles. The molecule has 18 heteroatoms. The summed E-state index contributed by atoms with van der Waals surface area (Å²) in [6.45, 7) is 13.3. The highest BCUT2D eigenvalue weighted by Crippen LogP contribution is 2.46. The van der Waals surface area contributed by atoms with Crippen LogP contribution in [0.15, 0.2) is 36.4 Å². The molecule has 5 unspecified atom stereocenters. The Morgan fingerprint density at radius 1 is 0.901 bits per heavy atom. The van der Waals surface area contributed by atoms with Gasteiger partial charge in [-0.25, -0.2) is 0 Å². The van der Waals surface area contributed by atoms with Crippen molar-refractivity contribution in [1.29, 1.82) is 5.41 Å². The van der Waals surface area contributed by atoms with Gasteiger partial charge >= 0.3 is 5.97 Å². The van der Waals surface area contributed by atoms with Crippen molar-refractivity contribution in [3.05, 3.63) is 47.0 Å². The standard InChI is InChI=1S/C53H79ClN6O11/c1-12-32(6)48(58(9)52(67)46(30(2)3)56-51(66)47(31(4)5)57(8)42(62)20-14-13-17-25-59-43(63)23-24-44(59)64)41(70-10)29-45(65)60-36-22-21-35(26-36)49(60)50(71-11)33(7)40(61)28-39(55)37(53(68)69)27-34-18-15-16-19-38(34)54/h15-16,18-19,23-24,30-33,35-37,41,46-50,55H,12-14,17,20-22,25-29H2,1-11H3,(H,56,66)(H,68,69)/t32-,33-,35?,36?,37+,41?,46-,47-,48?,49?,50+/m0/s1. The molecule has 2 heterocycles. The average molecular weight is 1010 g/mol. The number of fused-ring (bicyclic) bond motifs is 2. The molecule has 3 aliphatic rings. The number of ketones is 1. The number of carbonyl (C=O) groups excluding carboxylic acids is 7. The number of carbonyl (C=O) groups is 8. The number of carboxylic acids is 1. The van der Waals surface area contributed by atoms with Gasteiger partial charge in [-0.3, -0.25) is 43.3 Å². The van der Waals surface area contributed by atoms with Crippen LogP contribution in [0.2, 0.25) is 5.02 Å². The van der Waals surface area contributed by atoms with Crippen molar-refractivity contribution in [1.82, 2.24) is 24.9 Å². The molecule has 71 heavy (non-hydrogen) atoms. The molecular formula is C53H79ClN6O11. The van der Waals surface area contributed by atoms with Crippen LogP contribution in [-0.2, 0) is 54.3 Å². The largest absolute Gasteiger partial charge is 0.481 e. The highest BCUT2D eigenvalue weighted by molar-refractivity contribution is 6.31. The smallest absolute Gasteiger partial charge is 0.312 e. The summed E-state index contributed by atoms with van der Waals surface area (Å²) >= 11 is 6.31. The van der Waals surface area contributed by atoms with Crippen molar-refractivity contribution in [3.8, 4) is 0 Å². The average Bonchev–Trinajstić information content (AvgIpc) is 4.04. The molecule has 1 aromatic rings. The van der Waals surface area contributed by atoms with E-state index in [4.69, 9.17) is 26.5 Å². The van der Waals surface area contributed by atoms with E-state index >= 15 is 0 Å². The molecule has 2 fully saturated rings. The molecule has 1 aromatic carbocycles. The Bertz CT molecular complexity index is 2110. The van der Waals surface area contributed by atoms with Crippen molar-refractivity contribution >= 4 is 64.5 Å². The number of aliphatic carboxylic acids is 1. The Morgan fingerprint density at radius 2 is 1.55 bits per heavy atom. The number of methoxy groups -OCH3 is 2. The van der Waals surface area contributed by atoms with Gasteiger partial charge in [0, 0.05) is 82.5 Å². The number of amides is 6. The topological polar surface area (TPSA) is 224 Å². The summed E-state index contributed by atoms with van der Waals surface area (Å²) in [4.78, 5) is 113. The number of halogens is 1. The van der Waals surface area contributed by atoms with Gasteiger partial charge in [-0.05, 0) is 73.8 Å². The number of Topliss-reactive ketones (excluding diaryl/α,β-unsaturated/α-hetero) is 1. The van der Waals surface area contributed by atoms with Crippen molar-refractivity contribution < 1.29 is 52.9 Å². The van der Waals surface area contributed by atoms with Crippen LogP contribution >= 0.6 is 11.6 Å². The van der Waals surface area contributed by atoms with Gasteiger partial charge in [-0.1, -0.05) is 91.1 Å². The SMILES string of the molecule is CC[C@H](C)C(C(CC(=O)N1C2CCC(C2)C1[C@H](OC)[C@@H](C)C(=O)CC(=N)[C@@H](Cc1ccccc1Cl)C(=O)O)OC)N(C)C(=O)[C@@H](NC(=O)[C@H](C(C)C)N(C)C(=O)CCCCCN1C(=O)C=CC1=O)C(C)C. The van der Waals surface area contributed by atoms with E-state index in [1.165, 1.54) is 36.2 Å². The second kappa shape index (κ2) is 26.6. The van der Waals surface area contributed by atoms with E-state index in [9.17, 15) is 43.5 Å². The van der Waals surface area contributed by atoms with Crippen LogP contribution < -0.4 is 5.32 Å². The Hall–Kier alpha value is -5.00. The zero-order valence-electron chi connectivity index (χ0n) is 43.7. The van der Waals surface area contributed by atoms with Crippen LogP contribution in [-0.4, -0.2) is 155 Å². The van der Waals surface area contributed by atoms with E-state index in [-0.39, 0.29) is 96.6 Å². The molecule has 1 saturated carbocycles. The number of likely N-dealkylation sites (tertiary alicyclic amines) is 1. The third-order valence-corrected chi connectivity index (χ3v) is 15.6. The lowest BCUT2D eigenvalue weighted by Gasteiger charge is -2.43. The monoisotopic (exact) mass is 1010 g/mol. The molecule has 2 bridgehead atoms. The number of carboxylic acid groups (broad SMARTS) is 1. The number of ether oxygens (including phenoxy) is 2. The summed E-state index contributed by atoms with van der Waals surface area (Å²) in [7, 11) is 6.25. The fourth-order valence-electron chi connectivity index (χ4n) is 11.0. The zero-order valence-corrected chi connectivity index (χ0v) is 44.4. The Balaban J connectivity index is 1.46. The number of hydrogen-bond donors (Lipinski definition) is 3. The second-order valence-electron chi connectivity index (χ2n) is 20.6. The third-order valence-electron chi connectivity index (χ3n) is 15.2. The number of imide groups is 1. The lowest BCUT2D eigenvalue weighted by Crippen LogP contribution is -2.60. The molecule has 11 atom stereocenters. The number of nitrogens with zero attached hydrogens (tertiary/aromatic N) is 4. The molecule has 1 aliphatic carbocycles. The van der Waals surface area contributed by atoms with E-state index in [1.807, 2.05) is 46.4 Å². The van der Waals surface area contributed by atoms with Crippen molar-refractivity contribution in [2.75, 3.05) is 34.9 Å². The summed E-state index contributed by atoms with van der Waals surface area (Å²) in [5.41, 5.74) is 0.322. The summed E-state index contributed by atoms with van der Waals surface area (Å²) in [6.07, 6.45) is 5.24. The van der Waals surface area contributed by atoms with E-state index in [2.05, 4.69) is 5.32 Å². The minimum absolute atomic E-state index is 0.0411. The predicted molar refractivity (Wildman–Crippen MR) is 269 cm³/mol. The molecule has 0 radical (unpaired) electrons. The quantitative estimate of drug-likeness (QED) is 0.0481. The maximum Gasteiger partial charge on any atom is 0.312 e. The number of piperidine rings is 1. The maximum absolute atomic E-state index is 14.8. The molecule has 3 N–H and O–H groups in total. The lowest BCUT2D eigenvalue weighted by atomic mass is 9.82. The maximum atomic E-state index is 14.8. The lowest BCUT2D eigenvalue weighted by molar-refractivity contribution is -0.151. The first-order chi connectivity index (χ1) is 33.5. The highest BCUT2D eigenvalue weighted by Gasteiger charge is 2.53. The minimum atomic E-state index is -1.26. The minimum Gasteiger partial charge on any atom is -0.481 e. The number of likely N-dealkylation sites (N-methyl/N-ethyl adjacent to an activating group) is 2. The Kier molecular flexibility index (Phi) is 22.0. The molecule has 4 rings (SSSR count). The van der Waals surface area contributed by atoms with E-state index in [1.54, 1.807) is 50.2 Å². The van der Waals surface area contributed by atoms with Gasteiger partial charge in [-0.15, -0.1) is 0 Å². The molecule has 0 spiro atoms. The van der Waals surface area contributed by atoms with Crippen molar-refractivity contribution in [2.45, 2.75) is 162 Å². The number of unbranched alkanes of at least 4 members (excludes halogenated alkanes) is 2. The third kappa shape index (κ3) is 14.4. The van der Waals surface area contributed by atoms with Crippen molar-refractivity contribution in [2.24, 2.45) is 35.5 Å². The summed E-state index contributed by atoms with van der Waals surface area (Å²) in [5.74, 6) is -6.38. The normalized spacial score (nSPS) is 20.9. The van der Waals surface area contributed by atoms with Crippen LogP contribution in [0.3, 0.4) is 0 Å². The van der Waals surface area contributed by atoms with Gasteiger partial charge < -0.3 is 40.0 Å². The predicted octanol–water partition coefficient (Wildman–Crippen LogP) is 5.98. The zero-order chi connectivity index (χ0) is 53.0. The van der Waals surface area contributed by atoms with E-state index in [0.29, 0.717) is 36.3 Å². The van der Waals surface area contributed by atoms with Gasteiger partial charge in [0.2, 0.25) is 23.6 Å². The molecule has 394 valence electrons. The van der Waals surface area contributed by atoms with Crippen LogP contribution in [0.25, 0.3) is 0 Å². The summed E-state index contributed by atoms with van der Waals surface area (Å²) in [6, 6.07) is 3.79. The second-order valence-corrected chi connectivity index (χ2v) is 21.0. The van der Waals surface area contributed by atoms with Gasteiger partial charge in [0.1, 0.15) is 17.9 Å². The molecule has 6 amide bonds. The van der Waals surface area contributed by atoms with Crippen molar-refractivity contribution in [3.63, 3.8) is 0 Å². The van der Waals surface area contributed by atoms with Gasteiger partial charge in [0.15, 0.2) is 0 Å². The van der Waals surface area contributed by atoms with E-state index in [0.717, 1.165) is 19.3 Å². The van der Waals surface area contributed by atoms with Gasteiger partial charge in [-0.2, -0.15) is 0 Å². The van der Waals surface area contributed by atoms with Gasteiger partial charge in [0.25, 0.3) is 11.8 Å². The Morgan fingerprint density at radius 3 is 2.11 bits per heavy atom. The first-order valence-corrected chi connectivity index (χ1v) is 25.7. The fourth-order valence-corrected chi connectivity index (χ4v) is 11.2. The number of hydrogen-bond acceptors (Lipinski definition) is 11. The summed E-state index contributed by atoms with van der Waals surface area (Å²) < 4.78 is 12.2. The molecule has 2 aliphatic heterocycles. The highest BCUT2D eigenvalue weighted by atomic mass is 35.5. The number of benzene rings is 1. The Labute approximate surface area is 425 Å². The molecule has 0 aromatic heterocycles. The van der Waals surface area contributed by atoms with Crippen LogP contribution in [0.4, 0.5) is 0 Å². The number of rotatable bonds is 29. The summed E-state index contributed by atoms with van der Waals surface area (Å²) in [5, 5.41) is 22.2. The van der Waals surface area contributed by atoms with Crippen LogP contribution in [0, 0.1) is 40.9 Å². The number of nitrogens with one attached hydrogen (secondary N) is 2. The first kappa shape index (κ1) is 58.6. The van der Waals surface area contributed by atoms with Gasteiger partial charge in [0.05, 0.1) is 36.6 Å². The molecular weight excluding hydrogens is 932 g/mol. The fraction of sp³-hybridized carbons (Fsp3) is 0.679.